The topological polar surface area (TPSA) is 59.0 Å². The van der Waals surface area contributed by atoms with Crippen molar-refractivity contribution in [2.24, 2.45) is 0 Å². The van der Waals surface area contributed by atoms with Crippen LogP contribution < -0.4 is 0 Å². The van der Waals surface area contributed by atoms with E-state index < -0.39 is 23.5 Å². The summed E-state index contributed by atoms with van der Waals surface area (Å²) in [6.07, 6.45) is -1.10. The van der Waals surface area contributed by atoms with Gasteiger partial charge in [0.05, 0.1) is 17.5 Å². The maximum Gasteiger partial charge on any atom is 0.416 e. The second-order valence-corrected chi connectivity index (χ2v) is 7.53. The number of benzene rings is 1. The second kappa shape index (κ2) is 7.72. The Labute approximate surface area is 175 Å². The Morgan fingerprint density at radius 2 is 1.90 bits per heavy atom. The molecule has 0 fully saturated rings. The molecule has 0 saturated carbocycles. The lowest BCUT2D eigenvalue weighted by atomic mass is 9.91. The molecule has 0 saturated heterocycles. The molecule has 0 bridgehead atoms. The molecule has 31 heavy (non-hydrogen) atoms. The van der Waals surface area contributed by atoms with Gasteiger partial charge in [-0.05, 0) is 53.4 Å². The zero-order valence-electron chi connectivity index (χ0n) is 16.7. The largest absolute Gasteiger partial charge is 0.416 e. The number of halogens is 4. The first kappa shape index (κ1) is 20.9. The summed E-state index contributed by atoms with van der Waals surface area (Å²) in [6.45, 7) is 2.21. The van der Waals surface area contributed by atoms with Gasteiger partial charge in [-0.25, -0.2) is 4.39 Å². The molecule has 3 heterocycles. The van der Waals surface area contributed by atoms with E-state index in [1.54, 1.807) is 31.0 Å². The van der Waals surface area contributed by atoms with Crippen molar-refractivity contribution in [3.05, 3.63) is 76.4 Å². The molecule has 1 aromatic carbocycles. The Bertz CT molecular complexity index is 1160. The number of hydrogen-bond acceptors (Lipinski definition) is 4. The van der Waals surface area contributed by atoms with Gasteiger partial charge in [0.1, 0.15) is 11.5 Å². The lowest BCUT2D eigenvalue weighted by Crippen LogP contribution is -2.34. The molecule has 9 heteroatoms. The molecule has 160 valence electrons. The van der Waals surface area contributed by atoms with Gasteiger partial charge in [0.2, 0.25) is 0 Å². The Kier molecular flexibility index (Phi) is 5.20. The minimum absolute atomic E-state index is 0.109. The van der Waals surface area contributed by atoms with Crippen LogP contribution in [-0.2, 0) is 12.6 Å². The maximum atomic E-state index is 13.9. The number of nitrogens with zero attached hydrogens (tertiary/aromatic N) is 4. The Hall–Kier alpha value is -3.36. The third-order valence-electron chi connectivity index (χ3n) is 5.50. The predicted octanol–water partition coefficient (Wildman–Crippen LogP) is 4.48. The van der Waals surface area contributed by atoms with Gasteiger partial charge in [-0.15, -0.1) is 5.10 Å². The van der Waals surface area contributed by atoms with E-state index in [-0.39, 0.29) is 11.5 Å². The van der Waals surface area contributed by atoms with Gasteiger partial charge in [-0.1, -0.05) is 6.92 Å². The third-order valence-corrected chi connectivity index (χ3v) is 5.50. The van der Waals surface area contributed by atoms with Crippen LogP contribution >= 0.6 is 0 Å². The van der Waals surface area contributed by atoms with Gasteiger partial charge in [0, 0.05) is 31.3 Å². The molecule has 2 aromatic heterocycles. The lowest BCUT2D eigenvalue weighted by Gasteiger charge is -2.25. The number of aromatic nitrogens is 3. The van der Waals surface area contributed by atoms with Crippen LogP contribution in [0.4, 0.5) is 17.6 Å². The van der Waals surface area contributed by atoms with Crippen LogP contribution in [0, 0.1) is 5.82 Å². The molecule has 1 amide bonds. The molecular formula is C22H18F4N4O. The van der Waals surface area contributed by atoms with E-state index in [9.17, 15) is 22.4 Å². The van der Waals surface area contributed by atoms with Crippen LogP contribution in [0.25, 0.3) is 11.4 Å². The van der Waals surface area contributed by atoms with Crippen molar-refractivity contribution >= 4 is 5.91 Å². The smallest absolute Gasteiger partial charge is 0.341 e. The van der Waals surface area contributed by atoms with Gasteiger partial charge in [0.25, 0.3) is 5.91 Å². The quantitative estimate of drug-likeness (QED) is 0.575. The minimum Gasteiger partial charge on any atom is -0.341 e. The van der Waals surface area contributed by atoms with Crippen molar-refractivity contribution < 1.29 is 22.4 Å². The highest BCUT2D eigenvalue weighted by atomic mass is 19.4. The highest BCUT2D eigenvalue weighted by molar-refractivity contribution is 5.98. The molecule has 0 radical (unpaired) electrons. The fourth-order valence-electron chi connectivity index (χ4n) is 3.71. The molecular weight excluding hydrogens is 412 g/mol. The fourth-order valence-corrected chi connectivity index (χ4v) is 3.71. The lowest BCUT2D eigenvalue weighted by molar-refractivity contribution is -0.137. The first-order valence-electron chi connectivity index (χ1n) is 9.59. The van der Waals surface area contributed by atoms with Gasteiger partial charge in [0.15, 0.2) is 0 Å². The minimum atomic E-state index is -4.65. The Balaban J connectivity index is 1.74. The van der Waals surface area contributed by atoms with Crippen molar-refractivity contribution in [1.82, 2.24) is 20.1 Å². The number of alkyl halides is 3. The molecule has 1 atom stereocenters. The fraction of sp³-hybridized carbons (Fsp3) is 0.273. The van der Waals surface area contributed by atoms with E-state index in [0.717, 1.165) is 17.7 Å². The number of amides is 1. The summed E-state index contributed by atoms with van der Waals surface area (Å²) in [4.78, 5) is 18.4. The molecule has 3 aromatic rings. The van der Waals surface area contributed by atoms with Crippen LogP contribution in [-0.4, -0.2) is 39.6 Å². The van der Waals surface area contributed by atoms with E-state index in [1.807, 2.05) is 0 Å². The van der Waals surface area contributed by atoms with Gasteiger partial charge < -0.3 is 4.90 Å². The number of carbonyl (C=O) groups is 1. The summed E-state index contributed by atoms with van der Waals surface area (Å²) in [5.41, 5.74) is 1.90. The third kappa shape index (κ3) is 3.99. The molecule has 0 spiro atoms. The van der Waals surface area contributed by atoms with Crippen molar-refractivity contribution in [3.8, 4) is 11.4 Å². The predicted molar refractivity (Wildman–Crippen MR) is 105 cm³/mol. The van der Waals surface area contributed by atoms with Gasteiger partial charge in [-0.2, -0.15) is 18.3 Å². The number of likely N-dealkylation sites (N-methyl/N-ethyl adjacent to an activating group) is 1. The first-order valence-corrected chi connectivity index (χ1v) is 9.59. The van der Waals surface area contributed by atoms with E-state index in [2.05, 4.69) is 15.2 Å². The first-order chi connectivity index (χ1) is 14.6. The van der Waals surface area contributed by atoms with E-state index in [1.165, 1.54) is 12.4 Å². The van der Waals surface area contributed by atoms with Crippen molar-refractivity contribution in [2.45, 2.75) is 25.4 Å². The van der Waals surface area contributed by atoms with Crippen LogP contribution in [0.15, 0.2) is 42.7 Å². The summed E-state index contributed by atoms with van der Waals surface area (Å²) < 4.78 is 53.1. The summed E-state index contributed by atoms with van der Waals surface area (Å²) in [7, 11) is 1.72. The molecule has 5 nitrogen and oxygen atoms in total. The zero-order chi connectivity index (χ0) is 22.3. The summed E-state index contributed by atoms with van der Waals surface area (Å²) in [5.74, 6) is -1.64. The maximum absolute atomic E-state index is 13.9. The van der Waals surface area contributed by atoms with Crippen LogP contribution in [0.2, 0.25) is 0 Å². The molecule has 0 aliphatic carbocycles. The highest BCUT2D eigenvalue weighted by Crippen LogP contribution is 2.34. The molecule has 1 aliphatic rings. The highest BCUT2D eigenvalue weighted by Gasteiger charge is 2.32. The van der Waals surface area contributed by atoms with Crippen molar-refractivity contribution in [1.29, 1.82) is 0 Å². The normalized spacial score (nSPS) is 15.0. The number of hydrogen-bond donors (Lipinski definition) is 0. The second-order valence-electron chi connectivity index (χ2n) is 7.53. The number of pyridine rings is 1. The van der Waals surface area contributed by atoms with Crippen molar-refractivity contribution in [3.63, 3.8) is 0 Å². The van der Waals surface area contributed by atoms with Crippen LogP contribution in [0.1, 0.15) is 45.5 Å². The summed E-state index contributed by atoms with van der Waals surface area (Å²) in [5, 5.41) is 8.10. The van der Waals surface area contributed by atoms with Gasteiger partial charge in [-0.3, -0.25) is 9.78 Å². The molecule has 0 unspecified atom stereocenters. The molecule has 4 rings (SSSR count). The Morgan fingerprint density at radius 3 is 2.65 bits per heavy atom. The average Bonchev–Trinajstić information content (AvgIpc) is 2.74. The standard InChI is InChI=1S/C22H18F4N4O/c1-12(13-7-15(22(24,25)26)10-16(23)8-13)14-9-19(29-28-11-14)20-17-4-6-30(2)21(31)18(17)3-5-27-20/h3,5,7-12H,4,6H2,1-2H3/t12-/m1/s1. The van der Waals surface area contributed by atoms with Crippen LogP contribution in [0.3, 0.4) is 0 Å². The van der Waals surface area contributed by atoms with E-state index in [4.69, 9.17) is 0 Å². The summed E-state index contributed by atoms with van der Waals surface area (Å²) in [6, 6.07) is 5.81. The molecule has 1 aliphatic heterocycles. The number of rotatable bonds is 3. The van der Waals surface area contributed by atoms with Crippen LogP contribution in [0.5, 0.6) is 0 Å². The van der Waals surface area contributed by atoms with E-state index in [0.29, 0.717) is 41.5 Å². The van der Waals surface area contributed by atoms with Crippen molar-refractivity contribution in [2.75, 3.05) is 13.6 Å². The van der Waals surface area contributed by atoms with Gasteiger partial charge >= 0.3 is 6.18 Å². The number of carbonyl (C=O) groups excluding carboxylic acids is 1. The monoisotopic (exact) mass is 430 g/mol. The zero-order valence-corrected chi connectivity index (χ0v) is 16.7. The number of fused-ring (bicyclic) bond motifs is 1. The Morgan fingerprint density at radius 1 is 1.13 bits per heavy atom. The SMILES string of the molecule is C[C@H](c1cc(F)cc(C(F)(F)F)c1)c1cnnc(-c2nccc3c2CCN(C)C3=O)c1. The van der Waals surface area contributed by atoms with E-state index >= 15 is 0 Å². The molecule has 0 N–H and O–H groups in total. The average molecular weight is 430 g/mol. The summed E-state index contributed by atoms with van der Waals surface area (Å²) >= 11 is 0.